The Bertz CT molecular complexity index is 3100. The monoisotopic (exact) mass is 689 g/mol. The zero-order chi connectivity index (χ0) is 34.3. The summed E-state index contributed by atoms with van der Waals surface area (Å²) in [7, 11) is 0. The first kappa shape index (κ1) is 29.0. The molecule has 0 atom stereocenters. The number of halogens is 1. The van der Waals surface area contributed by atoms with E-state index in [4.69, 9.17) is 39.8 Å². The predicted molar refractivity (Wildman–Crippen MR) is 208 cm³/mol. The Balaban J connectivity index is 1.20. The molecule has 0 aliphatic heterocycles. The summed E-state index contributed by atoms with van der Waals surface area (Å²) in [6, 6.07) is 48.2. The number of benzene rings is 7. The normalized spacial score (nSPS) is 11.9. The highest BCUT2D eigenvalue weighted by Crippen LogP contribution is 2.41. The van der Waals surface area contributed by atoms with E-state index in [2.05, 4.69) is 30.3 Å². The van der Waals surface area contributed by atoms with Crippen LogP contribution >= 0.6 is 11.6 Å². The summed E-state index contributed by atoms with van der Waals surface area (Å²) < 4.78 is 18.7. The molecule has 4 aromatic heterocycles. The van der Waals surface area contributed by atoms with Gasteiger partial charge in [-0.25, -0.2) is 15.0 Å². The lowest BCUT2D eigenvalue weighted by molar-refractivity contribution is 0.668. The predicted octanol–water partition coefficient (Wildman–Crippen LogP) is 12.9. The fourth-order valence-electron chi connectivity index (χ4n) is 7.50. The molecule has 0 aliphatic carbocycles. The first-order chi connectivity index (χ1) is 25.7. The van der Waals surface area contributed by atoms with Gasteiger partial charge in [-0.05, 0) is 71.8 Å². The summed E-state index contributed by atoms with van der Waals surface area (Å²) in [4.78, 5) is 15.7. The van der Waals surface area contributed by atoms with Crippen molar-refractivity contribution in [1.82, 2.24) is 15.0 Å². The third-order valence-electron chi connectivity index (χ3n) is 9.83. The lowest BCUT2D eigenvalue weighted by Crippen LogP contribution is -2.01. The molecule has 4 heterocycles. The second-order valence-electron chi connectivity index (χ2n) is 12.9. The van der Waals surface area contributed by atoms with E-state index in [1.165, 1.54) is 0 Å². The molecule has 0 aliphatic rings. The van der Waals surface area contributed by atoms with E-state index in [0.717, 1.165) is 93.6 Å². The van der Waals surface area contributed by atoms with Gasteiger partial charge in [0.1, 0.15) is 33.5 Å². The first-order valence-corrected chi connectivity index (χ1v) is 17.3. The molecule has 0 fully saturated rings. The van der Waals surface area contributed by atoms with E-state index in [1.54, 1.807) is 0 Å². The minimum Gasteiger partial charge on any atom is -0.456 e. The quantitative estimate of drug-likeness (QED) is 0.183. The molecular weight excluding hydrogens is 666 g/mol. The van der Waals surface area contributed by atoms with Gasteiger partial charge in [-0.15, -0.1) is 0 Å². The smallest absolute Gasteiger partial charge is 0.164 e. The van der Waals surface area contributed by atoms with Crippen molar-refractivity contribution in [3.63, 3.8) is 0 Å². The number of furan rings is 3. The summed E-state index contributed by atoms with van der Waals surface area (Å²) in [6.45, 7) is 0. The zero-order valence-corrected chi connectivity index (χ0v) is 28.1. The molecule has 0 N–H and O–H groups in total. The van der Waals surface area contributed by atoms with Gasteiger partial charge in [0.25, 0.3) is 0 Å². The summed E-state index contributed by atoms with van der Waals surface area (Å²) in [5, 5.41) is 6.56. The second kappa shape index (κ2) is 11.1. The molecule has 7 aromatic carbocycles. The summed E-state index contributed by atoms with van der Waals surface area (Å²) in [5.74, 6) is 1.57. The molecule has 0 radical (unpaired) electrons. The maximum atomic E-state index is 6.72. The maximum absolute atomic E-state index is 6.72. The standard InChI is InChI=1S/C45H24ClN3O3/c46-26-20-21-28(33(24-26)25-19-22-38-34(23-25)27-9-1-4-14-35(27)50-38)43-47-44(31-12-7-17-39-41(31)29-10-2-5-15-36(29)51-39)49-45(48-43)32-13-8-18-40-42(32)30-11-3-6-16-37(30)52-40/h1-24H. The number of aromatic nitrogens is 3. The maximum Gasteiger partial charge on any atom is 0.164 e. The third-order valence-corrected chi connectivity index (χ3v) is 10.1. The van der Waals surface area contributed by atoms with Crippen molar-refractivity contribution in [2.75, 3.05) is 0 Å². The van der Waals surface area contributed by atoms with E-state index in [1.807, 2.05) is 115 Å². The largest absolute Gasteiger partial charge is 0.456 e. The van der Waals surface area contributed by atoms with Crippen LogP contribution in [-0.2, 0) is 0 Å². The number of fused-ring (bicyclic) bond motifs is 9. The van der Waals surface area contributed by atoms with Gasteiger partial charge in [0, 0.05) is 54.0 Å². The van der Waals surface area contributed by atoms with Crippen molar-refractivity contribution < 1.29 is 13.3 Å². The number of para-hydroxylation sites is 3. The van der Waals surface area contributed by atoms with Crippen LogP contribution in [0.2, 0.25) is 5.02 Å². The number of rotatable bonds is 4. The Labute approximate surface area is 300 Å². The van der Waals surface area contributed by atoms with Gasteiger partial charge in [0.15, 0.2) is 17.5 Å². The van der Waals surface area contributed by atoms with Crippen LogP contribution in [0.5, 0.6) is 0 Å². The topological polar surface area (TPSA) is 78.1 Å². The molecule has 0 unspecified atom stereocenters. The highest BCUT2D eigenvalue weighted by Gasteiger charge is 2.22. The Morgan fingerprint density at radius 1 is 0.346 bits per heavy atom. The second-order valence-corrected chi connectivity index (χ2v) is 13.3. The van der Waals surface area contributed by atoms with Crippen molar-refractivity contribution in [1.29, 1.82) is 0 Å². The molecule has 0 bridgehead atoms. The molecule has 6 nitrogen and oxygen atoms in total. The molecule has 7 heteroatoms. The van der Waals surface area contributed by atoms with Gasteiger partial charge in [0.05, 0.1) is 0 Å². The lowest BCUT2D eigenvalue weighted by Gasteiger charge is -2.13. The third kappa shape index (κ3) is 4.41. The molecule has 11 rings (SSSR count). The highest BCUT2D eigenvalue weighted by molar-refractivity contribution is 6.31. The van der Waals surface area contributed by atoms with Crippen molar-refractivity contribution in [3.8, 4) is 45.3 Å². The van der Waals surface area contributed by atoms with Crippen LogP contribution in [-0.4, -0.2) is 15.0 Å². The number of hydrogen-bond acceptors (Lipinski definition) is 6. The van der Waals surface area contributed by atoms with Crippen molar-refractivity contribution in [3.05, 3.63) is 151 Å². The van der Waals surface area contributed by atoms with E-state index in [0.29, 0.717) is 22.5 Å². The van der Waals surface area contributed by atoms with E-state index in [9.17, 15) is 0 Å². The van der Waals surface area contributed by atoms with E-state index >= 15 is 0 Å². The van der Waals surface area contributed by atoms with Crippen LogP contribution in [0.4, 0.5) is 0 Å². The molecule has 244 valence electrons. The summed E-state index contributed by atoms with van der Waals surface area (Å²) in [5.41, 5.74) is 9.15. The summed E-state index contributed by atoms with van der Waals surface area (Å²) >= 11 is 6.72. The Morgan fingerprint density at radius 3 is 1.44 bits per heavy atom. The van der Waals surface area contributed by atoms with E-state index in [-0.39, 0.29) is 0 Å². The number of hydrogen-bond donors (Lipinski definition) is 0. The molecule has 0 saturated carbocycles. The Morgan fingerprint density at radius 2 is 0.827 bits per heavy atom. The van der Waals surface area contributed by atoms with Gasteiger partial charge in [-0.1, -0.05) is 96.5 Å². The molecule has 0 spiro atoms. The fraction of sp³-hybridized carbons (Fsp3) is 0. The van der Waals surface area contributed by atoms with Crippen LogP contribution in [0.25, 0.3) is 111 Å². The summed E-state index contributed by atoms with van der Waals surface area (Å²) in [6.07, 6.45) is 0. The van der Waals surface area contributed by atoms with Crippen LogP contribution in [0.1, 0.15) is 0 Å². The van der Waals surface area contributed by atoms with Crippen molar-refractivity contribution >= 4 is 77.4 Å². The highest BCUT2D eigenvalue weighted by atomic mass is 35.5. The molecule has 0 amide bonds. The van der Waals surface area contributed by atoms with Gasteiger partial charge < -0.3 is 13.3 Å². The van der Waals surface area contributed by atoms with Gasteiger partial charge in [0.2, 0.25) is 0 Å². The van der Waals surface area contributed by atoms with Gasteiger partial charge in [-0.3, -0.25) is 0 Å². The molecular formula is C45H24ClN3O3. The molecule has 0 saturated heterocycles. The Hall–Kier alpha value is -6.76. The fourth-order valence-corrected chi connectivity index (χ4v) is 7.68. The average Bonchev–Trinajstić information content (AvgIpc) is 3.88. The van der Waals surface area contributed by atoms with Crippen molar-refractivity contribution in [2.24, 2.45) is 0 Å². The van der Waals surface area contributed by atoms with Crippen LogP contribution in [0.15, 0.2) is 159 Å². The SMILES string of the molecule is Clc1ccc(-c2nc(-c3cccc4oc5ccccc5c34)nc(-c3cccc4oc5ccccc5c34)n2)c(-c2ccc3oc4ccccc4c3c2)c1. The average molecular weight is 690 g/mol. The number of nitrogens with zero attached hydrogens (tertiary/aromatic N) is 3. The van der Waals surface area contributed by atoms with Crippen molar-refractivity contribution in [2.45, 2.75) is 0 Å². The Kier molecular flexibility index (Phi) is 6.21. The zero-order valence-electron chi connectivity index (χ0n) is 27.3. The van der Waals surface area contributed by atoms with Crippen LogP contribution in [0, 0.1) is 0 Å². The van der Waals surface area contributed by atoms with Gasteiger partial charge in [-0.2, -0.15) is 0 Å². The first-order valence-electron chi connectivity index (χ1n) is 17.0. The molecule has 11 aromatic rings. The van der Waals surface area contributed by atoms with Crippen LogP contribution < -0.4 is 0 Å². The van der Waals surface area contributed by atoms with Gasteiger partial charge >= 0.3 is 0 Å². The lowest BCUT2D eigenvalue weighted by atomic mass is 9.97. The minimum absolute atomic E-state index is 0.512. The molecule has 52 heavy (non-hydrogen) atoms. The van der Waals surface area contributed by atoms with Crippen LogP contribution in [0.3, 0.4) is 0 Å². The van der Waals surface area contributed by atoms with E-state index < -0.39 is 0 Å². The minimum atomic E-state index is 0.512.